The van der Waals surface area contributed by atoms with E-state index < -0.39 is 11.6 Å². The number of anilines is 3. The van der Waals surface area contributed by atoms with Crippen molar-refractivity contribution in [3.63, 3.8) is 0 Å². The second-order valence-electron chi connectivity index (χ2n) is 9.56. The molecule has 34 heavy (non-hydrogen) atoms. The lowest BCUT2D eigenvalue weighted by molar-refractivity contribution is 0.0214. The number of ether oxygens (including phenoxy) is 1. The van der Waals surface area contributed by atoms with Crippen LogP contribution in [0.25, 0.3) is 10.9 Å². The molecule has 2 aliphatic rings. The van der Waals surface area contributed by atoms with Crippen LogP contribution in [0.15, 0.2) is 49.1 Å². The van der Waals surface area contributed by atoms with Gasteiger partial charge in [0.25, 0.3) is 0 Å². The van der Waals surface area contributed by atoms with E-state index in [0.29, 0.717) is 18.1 Å². The molecule has 3 amide bonds. The number of carbonyl (C=O) groups is 2. The third-order valence-corrected chi connectivity index (χ3v) is 5.98. The number of pyridine rings is 1. The maximum absolute atomic E-state index is 12.5. The number of hydrogen-bond donors (Lipinski definition) is 2. The van der Waals surface area contributed by atoms with Gasteiger partial charge in [-0.25, -0.2) is 14.6 Å². The number of carbonyl (C=O) groups excluding carboxylic acids is 2. The van der Waals surface area contributed by atoms with Gasteiger partial charge in [0.1, 0.15) is 5.60 Å². The lowest BCUT2D eigenvalue weighted by Crippen LogP contribution is -2.50. The summed E-state index contributed by atoms with van der Waals surface area (Å²) in [7, 11) is 0. The van der Waals surface area contributed by atoms with Gasteiger partial charge in [0.2, 0.25) is 0 Å². The van der Waals surface area contributed by atoms with Crippen molar-refractivity contribution in [2.45, 2.75) is 44.9 Å². The normalized spacial score (nSPS) is 19.4. The standard InChI is InChI=1S/C24H27N7O3/c1-24(2,3)34-23(33)31-14-16-10-17(31)13-30(16)15-4-5-18-19(6-7-26-20(18)11-15)28-22(32)29-21-12-25-8-9-27-21/h4-9,11-12,16-17H,10,13-14H2,1-3H3,(H2,26,27,28,29,32)/t16-,17+/m0/s1. The first-order valence-electron chi connectivity index (χ1n) is 11.3. The highest BCUT2D eigenvalue weighted by Crippen LogP contribution is 2.37. The van der Waals surface area contributed by atoms with Gasteiger partial charge in [0.05, 0.1) is 23.4 Å². The molecule has 2 fully saturated rings. The Morgan fingerprint density at radius 2 is 1.88 bits per heavy atom. The molecule has 3 aromatic rings. The van der Waals surface area contributed by atoms with Crippen LogP contribution < -0.4 is 15.5 Å². The van der Waals surface area contributed by atoms with Gasteiger partial charge in [-0.1, -0.05) is 0 Å². The fraction of sp³-hybridized carbons (Fsp3) is 0.375. The maximum Gasteiger partial charge on any atom is 0.410 e. The summed E-state index contributed by atoms with van der Waals surface area (Å²) < 4.78 is 5.57. The molecule has 2 atom stereocenters. The van der Waals surface area contributed by atoms with Gasteiger partial charge in [-0.2, -0.15) is 0 Å². The highest BCUT2D eigenvalue weighted by molar-refractivity contribution is 6.05. The van der Waals surface area contributed by atoms with Crippen LogP contribution in [0.1, 0.15) is 27.2 Å². The van der Waals surface area contributed by atoms with Crippen LogP contribution in [0.2, 0.25) is 0 Å². The monoisotopic (exact) mass is 461 g/mol. The number of nitrogens with zero attached hydrogens (tertiary/aromatic N) is 5. The minimum absolute atomic E-state index is 0.140. The Balaban J connectivity index is 1.29. The number of benzene rings is 1. The first-order chi connectivity index (χ1) is 16.3. The number of hydrogen-bond acceptors (Lipinski definition) is 7. The quantitative estimate of drug-likeness (QED) is 0.609. The van der Waals surface area contributed by atoms with E-state index in [2.05, 4.69) is 30.5 Å². The number of urea groups is 1. The third-order valence-electron chi connectivity index (χ3n) is 5.98. The molecule has 5 rings (SSSR count). The SMILES string of the molecule is CC(C)(C)OC(=O)N1C[C@@H]2C[C@@H]1CN2c1ccc2c(NC(=O)Nc3cnccn3)ccnc2c1. The molecule has 0 spiro atoms. The Labute approximate surface area is 197 Å². The molecule has 1 aromatic carbocycles. The van der Waals surface area contributed by atoms with E-state index in [9.17, 15) is 9.59 Å². The van der Waals surface area contributed by atoms with E-state index in [1.165, 1.54) is 18.6 Å². The Morgan fingerprint density at radius 3 is 2.59 bits per heavy atom. The molecule has 2 N–H and O–H groups in total. The average Bonchev–Trinajstić information content (AvgIpc) is 3.40. The molecule has 2 saturated heterocycles. The van der Waals surface area contributed by atoms with Gasteiger partial charge in [-0.3, -0.25) is 15.3 Å². The minimum atomic E-state index is -0.500. The molecular weight excluding hydrogens is 434 g/mol. The second-order valence-corrected chi connectivity index (χ2v) is 9.56. The number of amides is 3. The largest absolute Gasteiger partial charge is 0.444 e. The molecular formula is C24H27N7O3. The number of piperazine rings is 1. The molecule has 2 bridgehead atoms. The zero-order valence-electron chi connectivity index (χ0n) is 19.4. The lowest BCUT2D eigenvalue weighted by Gasteiger charge is -2.36. The molecule has 0 saturated carbocycles. The molecule has 0 unspecified atom stereocenters. The fourth-order valence-corrected chi connectivity index (χ4v) is 4.59. The number of nitrogens with one attached hydrogen (secondary N) is 2. The Hall–Kier alpha value is -3.95. The molecule has 0 radical (unpaired) electrons. The maximum atomic E-state index is 12.5. The van der Waals surface area contributed by atoms with E-state index in [-0.39, 0.29) is 18.2 Å². The van der Waals surface area contributed by atoms with Crippen molar-refractivity contribution in [1.82, 2.24) is 19.9 Å². The molecule has 2 aliphatic heterocycles. The summed E-state index contributed by atoms with van der Waals surface area (Å²) in [4.78, 5) is 41.6. The summed E-state index contributed by atoms with van der Waals surface area (Å²) in [6.07, 6.45) is 6.88. The second kappa shape index (κ2) is 8.44. The summed E-state index contributed by atoms with van der Waals surface area (Å²) in [6, 6.07) is 7.77. The van der Waals surface area contributed by atoms with Crippen LogP contribution in [0.4, 0.5) is 26.8 Å². The van der Waals surface area contributed by atoms with Gasteiger partial charge in [0, 0.05) is 48.8 Å². The first-order valence-corrected chi connectivity index (χ1v) is 11.3. The molecule has 10 heteroatoms. The molecule has 2 aromatic heterocycles. The van der Waals surface area contributed by atoms with Crippen molar-refractivity contribution in [3.8, 4) is 0 Å². The lowest BCUT2D eigenvalue weighted by atomic mass is 10.1. The minimum Gasteiger partial charge on any atom is -0.444 e. The predicted molar refractivity (Wildman–Crippen MR) is 129 cm³/mol. The number of likely N-dealkylation sites (tertiary alicyclic amines) is 1. The zero-order chi connectivity index (χ0) is 23.9. The average molecular weight is 462 g/mol. The summed E-state index contributed by atoms with van der Waals surface area (Å²) in [5.41, 5.74) is 1.98. The van der Waals surface area contributed by atoms with E-state index in [0.717, 1.165) is 29.6 Å². The van der Waals surface area contributed by atoms with Crippen LogP contribution in [0.5, 0.6) is 0 Å². The van der Waals surface area contributed by atoms with E-state index >= 15 is 0 Å². The summed E-state index contributed by atoms with van der Waals surface area (Å²) in [5, 5.41) is 6.35. The molecule has 10 nitrogen and oxygen atoms in total. The third kappa shape index (κ3) is 4.43. The number of fused-ring (bicyclic) bond motifs is 3. The van der Waals surface area contributed by atoms with Gasteiger partial charge >= 0.3 is 12.1 Å². The Bertz CT molecular complexity index is 1230. The fourth-order valence-electron chi connectivity index (χ4n) is 4.59. The topological polar surface area (TPSA) is 113 Å². The van der Waals surface area contributed by atoms with Crippen molar-refractivity contribution in [1.29, 1.82) is 0 Å². The zero-order valence-corrected chi connectivity index (χ0v) is 19.4. The van der Waals surface area contributed by atoms with Crippen molar-refractivity contribution < 1.29 is 14.3 Å². The first kappa shape index (κ1) is 21.9. The van der Waals surface area contributed by atoms with E-state index in [1.54, 1.807) is 12.3 Å². The van der Waals surface area contributed by atoms with Crippen LogP contribution in [-0.4, -0.2) is 62.8 Å². The summed E-state index contributed by atoms with van der Waals surface area (Å²) >= 11 is 0. The number of aromatic nitrogens is 3. The molecule has 0 aliphatic carbocycles. The Morgan fingerprint density at radius 1 is 1.03 bits per heavy atom. The van der Waals surface area contributed by atoms with Gasteiger partial charge < -0.3 is 19.9 Å². The number of rotatable bonds is 3. The highest BCUT2D eigenvalue weighted by atomic mass is 16.6. The van der Waals surface area contributed by atoms with Gasteiger partial charge in [-0.05, 0) is 51.5 Å². The molecule has 176 valence electrons. The van der Waals surface area contributed by atoms with Crippen LogP contribution >= 0.6 is 0 Å². The van der Waals surface area contributed by atoms with Crippen LogP contribution in [-0.2, 0) is 4.74 Å². The van der Waals surface area contributed by atoms with Crippen LogP contribution in [0, 0.1) is 0 Å². The Kier molecular flexibility index (Phi) is 5.43. The predicted octanol–water partition coefficient (Wildman–Crippen LogP) is 3.87. The van der Waals surface area contributed by atoms with Crippen molar-refractivity contribution in [2.24, 2.45) is 0 Å². The van der Waals surface area contributed by atoms with E-state index in [1.807, 2.05) is 43.9 Å². The van der Waals surface area contributed by atoms with Crippen LogP contribution in [0.3, 0.4) is 0 Å². The van der Waals surface area contributed by atoms with Crippen molar-refractivity contribution in [3.05, 3.63) is 49.1 Å². The molecule has 4 heterocycles. The van der Waals surface area contributed by atoms with Crippen molar-refractivity contribution >= 4 is 40.2 Å². The van der Waals surface area contributed by atoms with E-state index in [4.69, 9.17) is 4.74 Å². The van der Waals surface area contributed by atoms with Gasteiger partial charge in [-0.15, -0.1) is 0 Å². The smallest absolute Gasteiger partial charge is 0.410 e. The highest BCUT2D eigenvalue weighted by Gasteiger charge is 2.46. The summed E-state index contributed by atoms with van der Waals surface area (Å²) in [5.74, 6) is 0.366. The van der Waals surface area contributed by atoms with Crippen molar-refractivity contribution in [2.75, 3.05) is 28.6 Å². The van der Waals surface area contributed by atoms with Gasteiger partial charge in [0.15, 0.2) is 5.82 Å². The summed E-state index contributed by atoms with van der Waals surface area (Å²) in [6.45, 7) is 7.06.